The lowest BCUT2D eigenvalue weighted by Crippen LogP contribution is -2.40. The van der Waals surface area contributed by atoms with E-state index in [9.17, 15) is 8.42 Å². The maximum atomic E-state index is 12.9. The van der Waals surface area contributed by atoms with Crippen LogP contribution < -0.4 is 4.74 Å². The van der Waals surface area contributed by atoms with Gasteiger partial charge in [0, 0.05) is 25.0 Å². The van der Waals surface area contributed by atoms with Gasteiger partial charge < -0.3 is 9.30 Å². The number of ether oxygens (including phenoxy) is 1. The molecule has 2 heterocycles. The van der Waals surface area contributed by atoms with Gasteiger partial charge in [0.05, 0.1) is 22.5 Å². The van der Waals surface area contributed by atoms with Crippen molar-refractivity contribution in [1.29, 1.82) is 0 Å². The Balaban J connectivity index is 1.99. The van der Waals surface area contributed by atoms with Gasteiger partial charge >= 0.3 is 0 Å². The summed E-state index contributed by atoms with van der Waals surface area (Å²) in [5, 5.41) is 0. The summed E-state index contributed by atoms with van der Waals surface area (Å²) in [5.74, 6) is 0.611. The number of halogens is 1. The van der Waals surface area contributed by atoms with Gasteiger partial charge in [-0.05, 0) is 53.2 Å². The van der Waals surface area contributed by atoms with Crippen LogP contribution in [0, 0.1) is 0 Å². The molecular weight excluding hydrogens is 368 g/mol. The first-order chi connectivity index (χ1) is 10.4. The van der Waals surface area contributed by atoms with Gasteiger partial charge in [-0.15, -0.1) is 0 Å². The molecular formula is C15H17BrN2O3S. The number of benzene rings is 1. The van der Waals surface area contributed by atoms with Crippen molar-refractivity contribution in [2.45, 2.75) is 24.4 Å². The second-order valence-corrected chi connectivity index (χ2v) is 7.96. The smallest absolute Gasteiger partial charge is 0.243 e. The molecule has 0 spiro atoms. The van der Waals surface area contributed by atoms with Crippen molar-refractivity contribution >= 4 is 26.0 Å². The van der Waals surface area contributed by atoms with Crippen LogP contribution in [0.4, 0.5) is 0 Å². The van der Waals surface area contributed by atoms with E-state index in [0.717, 1.165) is 5.69 Å². The van der Waals surface area contributed by atoms with E-state index < -0.39 is 10.0 Å². The van der Waals surface area contributed by atoms with Gasteiger partial charge in [-0.2, -0.15) is 4.31 Å². The summed E-state index contributed by atoms with van der Waals surface area (Å²) in [6.07, 6.45) is 1.99. The lowest BCUT2D eigenvalue weighted by atomic mass is 10.2. The molecule has 7 heteroatoms. The van der Waals surface area contributed by atoms with Crippen LogP contribution in [0.25, 0.3) is 0 Å². The third-order valence-corrected chi connectivity index (χ3v) is 6.60. The summed E-state index contributed by atoms with van der Waals surface area (Å²) in [6.45, 7) is 3.05. The average molecular weight is 385 g/mol. The van der Waals surface area contributed by atoms with Gasteiger partial charge in [0.1, 0.15) is 5.75 Å². The minimum atomic E-state index is -3.54. The maximum absolute atomic E-state index is 12.9. The number of sulfonamides is 1. The Morgan fingerprint density at radius 2 is 2.05 bits per heavy atom. The molecule has 118 valence electrons. The number of nitrogens with zero attached hydrogens (tertiary/aromatic N) is 2. The molecule has 3 rings (SSSR count). The van der Waals surface area contributed by atoms with E-state index in [2.05, 4.69) is 20.5 Å². The first-order valence-electron chi connectivity index (χ1n) is 6.95. The van der Waals surface area contributed by atoms with Gasteiger partial charge in [-0.3, -0.25) is 0 Å². The summed E-state index contributed by atoms with van der Waals surface area (Å²) in [7, 11) is -1.99. The normalized spacial score (nSPS) is 19.0. The summed E-state index contributed by atoms with van der Waals surface area (Å²) in [5.41, 5.74) is 1.02. The molecule has 0 unspecified atom stereocenters. The first-order valence-corrected chi connectivity index (χ1v) is 9.19. The molecule has 1 aromatic heterocycles. The quantitative estimate of drug-likeness (QED) is 0.816. The fourth-order valence-electron chi connectivity index (χ4n) is 2.83. The van der Waals surface area contributed by atoms with Gasteiger partial charge in [0.2, 0.25) is 10.0 Å². The van der Waals surface area contributed by atoms with Crippen LogP contribution in [0.1, 0.15) is 18.7 Å². The monoisotopic (exact) mass is 384 g/mol. The first kappa shape index (κ1) is 15.6. The minimum Gasteiger partial charge on any atom is -0.496 e. The fraction of sp³-hybridized carbons (Fsp3) is 0.333. The Labute approximate surface area is 138 Å². The van der Waals surface area contributed by atoms with Crippen molar-refractivity contribution in [3.05, 3.63) is 46.7 Å². The van der Waals surface area contributed by atoms with Crippen molar-refractivity contribution < 1.29 is 13.2 Å². The standard InChI is InChI=1S/C15H17BrN2O3S/c1-11-14-4-3-7-17(14)8-9-18(11)22(19,20)12-5-6-15(21-2)13(16)10-12/h3-7,10-11H,8-9H2,1-2H3/t11-/m1/s1. The van der Waals surface area contributed by atoms with Gasteiger partial charge in [0.25, 0.3) is 0 Å². The average Bonchev–Trinajstić information content (AvgIpc) is 2.96. The highest BCUT2D eigenvalue weighted by molar-refractivity contribution is 9.10. The predicted octanol–water partition coefficient (Wildman–Crippen LogP) is 3.02. The summed E-state index contributed by atoms with van der Waals surface area (Å²) in [6, 6.07) is 8.57. The molecule has 0 bridgehead atoms. The Bertz CT molecular complexity index is 801. The van der Waals surface area contributed by atoms with Crippen molar-refractivity contribution in [1.82, 2.24) is 8.87 Å². The Kier molecular flexibility index (Phi) is 4.05. The van der Waals surface area contributed by atoms with Crippen LogP contribution in [0.3, 0.4) is 0 Å². The van der Waals surface area contributed by atoms with Gasteiger partial charge in [0.15, 0.2) is 0 Å². The lowest BCUT2D eigenvalue weighted by molar-refractivity contribution is 0.282. The van der Waals surface area contributed by atoms with Crippen LogP contribution in [-0.2, 0) is 16.6 Å². The molecule has 0 radical (unpaired) electrons. The highest BCUT2D eigenvalue weighted by atomic mass is 79.9. The Morgan fingerprint density at radius 3 is 2.73 bits per heavy atom. The van der Waals surface area contributed by atoms with E-state index in [0.29, 0.717) is 23.3 Å². The molecule has 0 saturated carbocycles. The number of aromatic nitrogens is 1. The second-order valence-electron chi connectivity index (χ2n) is 5.21. The lowest BCUT2D eigenvalue weighted by Gasteiger charge is -2.33. The van der Waals surface area contributed by atoms with Crippen molar-refractivity contribution in [3.8, 4) is 5.75 Å². The predicted molar refractivity (Wildman–Crippen MR) is 87.4 cm³/mol. The number of hydrogen-bond acceptors (Lipinski definition) is 3. The molecule has 22 heavy (non-hydrogen) atoms. The maximum Gasteiger partial charge on any atom is 0.243 e. The highest BCUT2D eigenvalue weighted by Gasteiger charge is 2.34. The zero-order valence-corrected chi connectivity index (χ0v) is 14.8. The minimum absolute atomic E-state index is 0.186. The second kappa shape index (κ2) is 5.72. The van der Waals surface area contributed by atoms with Crippen molar-refractivity contribution in [2.75, 3.05) is 13.7 Å². The highest BCUT2D eigenvalue weighted by Crippen LogP contribution is 2.33. The molecule has 0 amide bonds. The topological polar surface area (TPSA) is 51.5 Å². The summed E-state index contributed by atoms with van der Waals surface area (Å²) >= 11 is 3.35. The van der Waals surface area contributed by atoms with E-state index in [1.54, 1.807) is 29.6 Å². The van der Waals surface area contributed by atoms with E-state index in [-0.39, 0.29) is 10.9 Å². The zero-order valence-electron chi connectivity index (χ0n) is 12.4. The SMILES string of the molecule is COc1ccc(S(=O)(=O)N2CCn3cccc3[C@H]2C)cc1Br. The molecule has 0 aliphatic carbocycles. The molecule has 0 fully saturated rings. The summed E-state index contributed by atoms with van der Waals surface area (Å²) in [4.78, 5) is 0.270. The Hall–Kier alpha value is -1.31. The molecule has 5 nitrogen and oxygen atoms in total. The molecule has 1 aromatic carbocycles. The third-order valence-electron chi connectivity index (χ3n) is 4.02. The molecule has 1 aliphatic heterocycles. The van der Waals surface area contributed by atoms with Crippen molar-refractivity contribution in [3.63, 3.8) is 0 Å². The van der Waals surface area contributed by atoms with E-state index >= 15 is 0 Å². The van der Waals surface area contributed by atoms with Crippen LogP contribution in [0.2, 0.25) is 0 Å². The van der Waals surface area contributed by atoms with Crippen LogP contribution in [-0.4, -0.2) is 30.9 Å². The van der Waals surface area contributed by atoms with E-state index in [4.69, 9.17) is 4.74 Å². The van der Waals surface area contributed by atoms with Gasteiger partial charge in [-0.25, -0.2) is 8.42 Å². The van der Waals surface area contributed by atoms with Crippen molar-refractivity contribution in [2.24, 2.45) is 0 Å². The number of hydrogen-bond donors (Lipinski definition) is 0. The molecule has 0 N–H and O–H groups in total. The molecule has 1 aliphatic rings. The Morgan fingerprint density at radius 1 is 1.27 bits per heavy atom. The molecule has 2 aromatic rings. The van der Waals surface area contributed by atoms with E-state index in [1.165, 1.54) is 0 Å². The largest absolute Gasteiger partial charge is 0.496 e. The van der Waals surface area contributed by atoms with Crippen LogP contribution in [0.5, 0.6) is 5.75 Å². The molecule has 0 saturated heterocycles. The van der Waals surface area contributed by atoms with Gasteiger partial charge in [-0.1, -0.05) is 0 Å². The third kappa shape index (κ3) is 2.47. The number of rotatable bonds is 3. The van der Waals surface area contributed by atoms with E-state index in [1.807, 2.05) is 25.3 Å². The summed E-state index contributed by atoms with van der Waals surface area (Å²) < 4.78 is 35.3. The fourth-order valence-corrected chi connectivity index (χ4v) is 5.15. The van der Waals surface area contributed by atoms with Crippen LogP contribution in [0.15, 0.2) is 45.9 Å². The molecule has 1 atom stereocenters. The van der Waals surface area contributed by atoms with Crippen LogP contribution >= 0.6 is 15.9 Å². The number of fused-ring (bicyclic) bond motifs is 1. The number of methoxy groups -OCH3 is 1. The zero-order chi connectivity index (χ0) is 15.9.